The first-order valence-electron chi connectivity index (χ1n) is 6.19. The van der Waals surface area contributed by atoms with Crippen LogP contribution in [0.1, 0.15) is 29.8 Å². The van der Waals surface area contributed by atoms with Gasteiger partial charge in [0.05, 0.1) is 5.02 Å². The second-order valence-corrected chi connectivity index (χ2v) is 5.34. The highest BCUT2D eigenvalue weighted by Crippen LogP contribution is 2.48. The first kappa shape index (κ1) is 14.1. The van der Waals surface area contributed by atoms with Gasteiger partial charge < -0.3 is 15.2 Å². The Morgan fingerprint density at radius 1 is 1.58 bits per heavy atom. The maximum atomic E-state index is 10.9. The number of nitrogens with one attached hydrogen (secondary N) is 1. The molecule has 1 saturated carbocycles. The summed E-state index contributed by atoms with van der Waals surface area (Å²) in [7, 11) is 1.70. The van der Waals surface area contributed by atoms with Crippen LogP contribution in [0.2, 0.25) is 5.02 Å². The molecule has 6 heteroatoms. The van der Waals surface area contributed by atoms with Gasteiger partial charge in [-0.05, 0) is 36.8 Å². The Bertz CT molecular complexity index is 475. The third-order valence-electron chi connectivity index (χ3n) is 3.49. The van der Waals surface area contributed by atoms with E-state index >= 15 is 0 Å². The Kier molecular flexibility index (Phi) is 4.27. The summed E-state index contributed by atoms with van der Waals surface area (Å²) in [6.45, 7) is 1.53. The van der Waals surface area contributed by atoms with Gasteiger partial charge in [-0.3, -0.25) is 0 Å². The largest absolute Gasteiger partial charge is 0.476 e. The van der Waals surface area contributed by atoms with Gasteiger partial charge in [0.25, 0.3) is 0 Å². The van der Waals surface area contributed by atoms with Gasteiger partial charge in [-0.25, -0.2) is 9.78 Å². The van der Waals surface area contributed by atoms with Gasteiger partial charge >= 0.3 is 5.97 Å². The summed E-state index contributed by atoms with van der Waals surface area (Å²) < 4.78 is 5.10. The topological polar surface area (TPSA) is 71.5 Å². The molecule has 1 aromatic rings. The molecule has 2 N–H and O–H groups in total. The summed E-state index contributed by atoms with van der Waals surface area (Å²) in [4.78, 5) is 14.9. The molecule has 2 rings (SSSR count). The third-order valence-corrected chi connectivity index (χ3v) is 3.79. The predicted molar refractivity (Wildman–Crippen MR) is 72.9 cm³/mol. The monoisotopic (exact) mass is 284 g/mol. The minimum Gasteiger partial charge on any atom is -0.476 e. The molecule has 0 aliphatic heterocycles. The van der Waals surface area contributed by atoms with Crippen LogP contribution in [0.4, 0.5) is 5.82 Å². The van der Waals surface area contributed by atoms with E-state index in [9.17, 15) is 4.79 Å². The molecule has 0 saturated heterocycles. The highest BCUT2D eigenvalue weighted by Gasteiger charge is 2.41. The van der Waals surface area contributed by atoms with Crippen molar-refractivity contribution < 1.29 is 14.6 Å². The van der Waals surface area contributed by atoms with Crippen molar-refractivity contribution in [2.24, 2.45) is 5.41 Å². The molecule has 0 radical (unpaired) electrons. The van der Waals surface area contributed by atoms with Gasteiger partial charge in [0.2, 0.25) is 0 Å². The van der Waals surface area contributed by atoms with Crippen molar-refractivity contribution in [3.63, 3.8) is 0 Å². The van der Waals surface area contributed by atoms with Crippen LogP contribution in [0.25, 0.3) is 0 Å². The maximum absolute atomic E-state index is 10.9. The van der Waals surface area contributed by atoms with Crippen LogP contribution >= 0.6 is 11.6 Å². The molecule has 1 fully saturated rings. The highest BCUT2D eigenvalue weighted by molar-refractivity contribution is 6.33. The fourth-order valence-corrected chi connectivity index (χ4v) is 2.17. The number of carboxylic acids is 1. The summed E-state index contributed by atoms with van der Waals surface area (Å²) in [6, 6.07) is 3.25. The molecule has 19 heavy (non-hydrogen) atoms. The average Bonchev–Trinajstić information content (AvgIpc) is 3.16. The lowest BCUT2D eigenvalue weighted by Gasteiger charge is -2.16. The van der Waals surface area contributed by atoms with Crippen molar-refractivity contribution in [1.29, 1.82) is 0 Å². The second-order valence-electron chi connectivity index (χ2n) is 4.93. The number of hydrogen-bond donors (Lipinski definition) is 2. The molecule has 5 nitrogen and oxygen atoms in total. The minimum atomic E-state index is -1.12. The summed E-state index contributed by atoms with van der Waals surface area (Å²) in [5.74, 6) is -0.570. The second kappa shape index (κ2) is 5.75. The lowest BCUT2D eigenvalue weighted by Crippen LogP contribution is -2.18. The van der Waals surface area contributed by atoms with Gasteiger partial charge in [0.1, 0.15) is 5.82 Å². The van der Waals surface area contributed by atoms with Crippen molar-refractivity contribution in [2.45, 2.75) is 19.3 Å². The van der Waals surface area contributed by atoms with E-state index in [-0.39, 0.29) is 16.1 Å². The van der Waals surface area contributed by atoms with Crippen LogP contribution < -0.4 is 5.32 Å². The van der Waals surface area contributed by atoms with E-state index in [1.54, 1.807) is 19.2 Å². The molecular formula is C13H17ClN2O3. The van der Waals surface area contributed by atoms with Gasteiger partial charge in [-0.1, -0.05) is 11.6 Å². The summed E-state index contributed by atoms with van der Waals surface area (Å²) in [5.41, 5.74) is 0.161. The number of rotatable bonds is 7. The number of anilines is 1. The predicted octanol–water partition coefficient (Wildman–Crippen LogP) is 2.66. The van der Waals surface area contributed by atoms with Crippen LogP contribution in [-0.4, -0.2) is 36.3 Å². The van der Waals surface area contributed by atoms with Crippen LogP contribution in [0.5, 0.6) is 0 Å². The molecule has 1 heterocycles. The van der Waals surface area contributed by atoms with E-state index < -0.39 is 5.97 Å². The number of halogens is 1. The highest BCUT2D eigenvalue weighted by atomic mass is 35.5. The standard InChI is InChI=1S/C13H17ClN2O3/c1-19-7-6-13(4-5-13)8-15-10-3-2-9(14)11(16-10)12(17)18/h2-3H,4-8H2,1H3,(H,15,16)(H,17,18). The molecule has 1 aliphatic carbocycles. The number of aromatic nitrogens is 1. The summed E-state index contributed by atoms with van der Waals surface area (Å²) in [6.07, 6.45) is 3.35. The Balaban J connectivity index is 1.96. The summed E-state index contributed by atoms with van der Waals surface area (Å²) >= 11 is 5.77. The van der Waals surface area contributed by atoms with Gasteiger partial charge in [-0.15, -0.1) is 0 Å². The molecule has 0 bridgehead atoms. The molecule has 0 spiro atoms. The quantitative estimate of drug-likeness (QED) is 0.805. The Morgan fingerprint density at radius 3 is 2.89 bits per heavy atom. The van der Waals surface area contributed by atoms with Crippen molar-refractivity contribution >= 4 is 23.4 Å². The zero-order valence-electron chi connectivity index (χ0n) is 10.8. The Hall–Kier alpha value is -1.33. The van der Waals surface area contributed by atoms with Crippen molar-refractivity contribution in [3.8, 4) is 0 Å². The first-order valence-corrected chi connectivity index (χ1v) is 6.57. The number of ether oxygens (including phenoxy) is 1. The lowest BCUT2D eigenvalue weighted by molar-refractivity contribution is 0.0691. The zero-order valence-corrected chi connectivity index (χ0v) is 11.5. The van der Waals surface area contributed by atoms with Gasteiger partial charge in [-0.2, -0.15) is 0 Å². The molecular weight excluding hydrogens is 268 g/mol. The molecule has 0 amide bonds. The zero-order chi connectivity index (χ0) is 13.9. The number of aromatic carboxylic acids is 1. The number of nitrogens with zero attached hydrogens (tertiary/aromatic N) is 1. The first-order chi connectivity index (χ1) is 9.06. The smallest absolute Gasteiger partial charge is 0.356 e. The molecule has 0 aromatic carbocycles. The van der Waals surface area contributed by atoms with E-state index in [4.69, 9.17) is 21.4 Å². The molecule has 1 aromatic heterocycles. The third kappa shape index (κ3) is 3.58. The number of carbonyl (C=O) groups is 1. The van der Waals surface area contributed by atoms with E-state index in [1.807, 2.05) is 0 Å². The van der Waals surface area contributed by atoms with Crippen molar-refractivity contribution in [3.05, 3.63) is 22.8 Å². The SMILES string of the molecule is COCCC1(CNc2ccc(Cl)c(C(=O)O)n2)CC1. The average molecular weight is 285 g/mol. The summed E-state index contributed by atoms with van der Waals surface area (Å²) in [5, 5.41) is 12.3. The number of pyridine rings is 1. The van der Waals surface area contributed by atoms with Crippen LogP contribution in [0.3, 0.4) is 0 Å². The van der Waals surface area contributed by atoms with Gasteiger partial charge in [0.15, 0.2) is 5.69 Å². The fraction of sp³-hybridized carbons (Fsp3) is 0.538. The van der Waals surface area contributed by atoms with E-state index in [2.05, 4.69) is 10.3 Å². The van der Waals surface area contributed by atoms with Crippen LogP contribution in [0.15, 0.2) is 12.1 Å². The fourth-order valence-electron chi connectivity index (χ4n) is 1.98. The van der Waals surface area contributed by atoms with Gasteiger partial charge in [0, 0.05) is 20.3 Å². The normalized spacial score (nSPS) is 16.1. The molecule has 0 atom stereocenters. The van der Waals surface area contributed by atoms with E-state index in [1.165, 1.54) is 12.8 Å². The van der Waals surface area contributed by atoms with E-state index in [0.717, 1.165) is 19.6 Å². The molecule has 1 aliphatic rings. The Morgan fingerprint density at radius 2 is 2.32 bits per heavy atom. The molecule has 104 valence electrons. The number of methoxy groups -OCH3 is 1. The number of carboxylic acid groups (broad SMARTS) is 1. The maximum Gasteiger partial charge on any atom is 0.356 e. The van der Waals surface area contributed by atoms with Crippen LogP contribution in [-0.2, 0) is 4.74 Å². The Labute approximate surface area is 116 Å². The van der Waals surface area contributed by atoms with Crippen molar-refractivity contribution in [2.75, 3.05) is 25.6 Å². The minimum absolute atomic E-state index is 0.117. The molecule has 0 unspecified atom stereocenters. The van der Waals surface area contributed by atoms with Crippen molar-refractivity contribution in [1.82, 2.24) is 4.98 Å². The van der Waals surface area contributed by atoms with Crippen LogP contribution in [0, 0.1) is 5.41 Å². The number of hydrogen-bond acceptors (Lipinski definition) is 4. The lowest BCUT2D eigenvalue weighted by atomic mass is 10.0. The van der Waals surface area contributed by atoms with E-state index in [0.29, 0.717) is 5.82 Å².